The molecule has 0 bridgehead atoms. The Morgan fingerprint density at radius 1 is 1.50 bits per heavy atom. The van der Waals surface area contributed by atoms with E-state index in [1.165, 1.54) is 12.1 Å². The lowest BCUT2D eigenvalue weighted by atomic mass is 10.1. The van der Waals surface area contributed by atoms with Crippen LogP contribution in [0.4, 0.5) is 5.88 Å². The molecule has 0 aromatic carbocycles. The second-order valence-corrected chi connectivity index (χ2v) is 3.47. The molecule has 1 aromatic rings. The molecule has 0 saturated heterocycles. The van der Waals surface area contributed by atoms with Crippen LogP contribution in [0.2, 0.25) is 0 Å². The first-order valence-corrected chi connectivity index (χ1v) is 5.03. The van der Waals surface area contributed by atoms with Crippen LogP contribution >= 0.6 is 0 Å². The summed E-state index contributed by atoms with van der Waals surface area (Å²) in [5.74, 6) is 0.249. The Bertz CT molecular complexity index is 434. The molecule has 0 fully saturated rings. The summed E-state index contributed by atoms with van der Waals surface area (Å²) in [4.78, 5) is 10.2. The third kappa shape index (κ3) is 2.38. The molecule has 1 unspecified atom stereocenters. The zero-order valence-electron chi connectivity index (χ0n) is 8.59. The molecular weight excluding hydrogens is 208 g/mol. The van der Waals surface area contributed by atoms with Gasteiger partial charge >= 0.3 is 0 Å². The van der Waals surface area contributed by atoms with Crippen LogP contribution in [0.1, 0.15) is 24.8 Å². The number of aliphatic hydroxyl groups excluding tert-OH is 1. The molecule has 16 heavy (non-hydrogen) atoms. The van der Waals surface area contributed by atoms with Crippen molar-refractivity contribution in [3.63, 3.8) is 0 Å². The zero-order valence-corrected chi connectivity index (χ0v) is 8.59. The van der Waals surface area contributed by atoms with E-state index in [0.717, 1.165) is 18.5 Å². The lowest BCUT2D eigenvalue weighted by molar-refractivity contribution is 0.125. The smallest absolute Gasteiger partial charge is 0.260 e. The van der Waals surface area contributed by atoms with E-state index in [2.05, 4.69) is 16.6 Å². The summed E-state index contributed by atoms with van der Waals surface area (Å²) >= 11 is 0. The molecule has 1 atom stereocenters. The Kier molecular flexibility index (Phi) is 3.16. The van der Waals surface area contributed by atoms with Gasteiger partial charge in [0.2, 0.25) is 0 Å². The average Bonchev–Trinajstić information content (AvgIpc) is 2.79. The van der Waals surface area contributed by atoms with Crippen LogP contribution in [0.5, 0.6) is 0 Å². The van der Waals surface area contributed by atoms with Crippen molar-refractivity contribution in [1.29, 1.82) is 0 Å². The van der Waals surface area contributed by atoms with Gasteiger partial charge in [0.15, 0.2) is 12.0 Å². The number of aliphatic hydroxyl groups is 1. The number of furan rings is 1. The minimum atomic E-state index is -0.951. The van der Waals surface area contributed by atoms with Crippen LogP contribution in [0, 0.1) is 4.91 Å². The number of hydrogen-bond donors (Lipinski definition) is 2. The van der Waals surface area contributed by atoms with E-state index in [9.17, 15) is 10.0 Å². The summed E-state index contributed by atoms with van der Waals surface area (Å²) in [7, 11) is 0. The molecule has 2 rings (SSSR count). The molecule has 5 heteroatoms. The van der Waals surface area contributed by atoms with Gasteiger partial charge in [0.1, 0.15) is 0 Å². The number of nitrogens with zero attached hydrogens (tertiary/aromatic N) is 1. The number of nitrogens with one attached hydrogen (secondary N) is 1. The SMILES string of the molecule is O=Nc1ccc(C(O)NC2=CC=CCC2)o1. The van der Waals surface area contributed by atoms with E-state index in [-0.39, 0.29) is 11.6 Å². The summed E-state index contributed by atoms with van der Waals surface area (Å²) in [6, 6.07) is 2.94. The van der Waals surface area contributed by atoms with E-state index in [1.54, 1.807) is 0 Å². The summed E-state index contributed by atoms with van der Waals surface area (Å²) < 4.78 is 5.00. The van der Waals surface area contributed by atoms with Gasteiger partial charge in [-0.2, -0.15) is 0 Å². The standard InChI is InChI=1S/C11H12N2O3/c14-11(9-6-7-10(13-15)16-9)12-8-4-2-1-3-5-8/h1-2,4,6-7,11-12,14H,3,5H2. The molecular formula is C11H12N2O3. The number of hydrogen-bond acceptors (Lipinski definition) is 5. The van der Waals surface area contributed by atoms with Crippen molar-refractivity contribution in [2.75, 3.05) is 0 Å². The molecule has 2 N–H and O–H groups in total. The molecule has 5 nitrogen and oxygen atoms in total. The second-order valence-electron chi connectivity index (χ2n) is 3.47. The second kappa shape index (κ2) is 4.76. The minimum absolute atomic E-state index is 0.0339. The molecule has 0 radical (unpaired) electrons. The Morgan fingerprint density at radius 3 is 3.00 bits per heavy atom. The number of allylic oxidation sites excluding steroid dienone is 4. The van der Waals surface area contributed by atoms with E-state index in [4.69, 9.17) is 4.42 Å². The number of nitroso groups, excluding NO2 is 1. The molecule has 1 aliphatic carbocycles. The first-order valence-electron chi connectivity index (χ1n) is 5.03. The van der Waals surface area contributed by atoms with Crippen LogP contribution in [0.25, 0.3) is 0 Å². The third-order valence-corrected chi connectivity index (χ3v) is 2.31. The van der Waals surface area contributed by atoms with Gasteiger partial charge < -0.3 is 14.8 Å². The Hall–Kier alpha value is -1.88. The van der Waals surface area contributed by atoms with Crippen molar-refractivity contribution in [2.24, 2.45) is 5.18 Å². The zero-order chi connectivity index (χ0) is 11.4. The van der Waals surface area contributed by atoms with Crippen LogP contribution in [0.15, 0.2) is 45.7 Å². The van der Waals surface area contributed by atoms with Gasteiger partial charge in [-0.25, -0.2) is 0 Å². The van der Waals surface area contributed by atoms with Crippen molar-refractivity contribution in [3.8, 4) is 0 Å². The van der Waals surface area contributed by atoms with Gasteiger partial charge in [-0.15, -0.1) is 4.91 Å². The third-order valence-electron chi connectivity index (χ3n) is 2.31. The van der Waals surface area contributed by atoms with Crippen molar-refractivity contribution in [1.82, 2.24) is 5.32 Å². The first-order chi connectivity index (χ1) is 7.79. The molecule has 1 heterocycles. The maximum Gasteiger partial charge on any atom is 0.260 e. The maximum atomic E-state index is 10.2. The fourth-order valence-corrected chi connectivity index (χ4v) is 1.51. The predicted molar refractivity (Wildman–Crippen MR) is 58.7 cm³/mol. The molecule has 0 aliphatic heterocycles. The normalized spacial score (nSPS) is 16.7. The van der Waals surface area contributed by atoms with Crippen molar-refractivity contribution in [2.45, 2.75) is 19.1 Å². The quantitative estimate of drug-likeness (QED) is 0.603. The predicted octanol–water partition coefficient (Wildman–Crippen LogP) is 2.49. The Morgan fingerprint density at radius 2 is 2.38 bits per heavy atom. The van der Waals surface area contributed by atoms with Gasteiger partial charge in [-0.3, -0.25) is 0 Å². The summed E-state index contributed by atoms with van der Waals surface area (Å²) in [6.07, 6.45) is 6.73. The van der Waals surface area contributed by atoms with E-state index < -0.39 is 6.23 Å². The lowest BCUT2D eigenvalue weighted by Crippen LogP contribution is -2.20. The fourth-order valence-electron chi connectivity index (χ4n) is 1.51. The van der Waals surface area contributed by atoms with Crippen LogP contribution in [0.3, 0.4) is 0 Å². The van der Waals surface area contributed by atoms with Crippen LogP contribution < -0.4 is 5.32 Å². The maximum absolute atomic E-state index is 10.2. The van der Waals surface area contributed by atoms with E-state index in [1.807, 2.05) is 12.2 Å². The summed E-state index contributed by atoms with van der Waals surface area (Å²) in [6.45, 7) is 0. The van der Waals surface area contributed by atoms with Crippen LogP contribution in [-0.2, 0) is 0 Å². The topological polar surface area (TPSA) is 74.8 Å². The van der Waals surface area contributed by atoms with Gasteiger partial charge in [0, 0.05) is 16.9 Å². The highest BCUT2D eigenvalue weighted by Crippen LogP contribution is 2.22. The van der Waals surface area contributed by atoms with E-state index >= 15 is 0 Å². The monoisotopic (exact) mass is 220 g/mol. The van der Waals surface area contributed by atoms with Gasteiger partial charge in [0.25, 0.3) is 5.88 Å². The molecule has 0 saturated carbocycles. The molecule has 0 spiro atoms. The molecule has 84 valence electrons. The van der Waals surface area contributed by atoms with Crippen LogP contribution in [-0.4, -0.2) is 5.11 Å². The van der Waals surface area contributed by atoms with Crippen molar-refractivity contribution in [3.05, 3.63) is 46.7 Å². The molecule has 0 amide bonds. The fraction of sp³-hybridized carbons (Fsp3) is 0.273. The minimum Gasteiger partial charge on any atom is -0.436 e. The highest BCUT2D eigenvalue weighted by molar-refractivity contribution is 5.26. The first kappa shape index (κ1) is 10.6. The Labute approximate surface area is 92.4 Å². The van der Waals surface area contributed by atoms with Gasteiger partial charge in [0.05, 0.1) is 0 Å². The average molecular weight is 220 g/mol. The van der Waals surface area contributed by atoms with Crippen molar-refractivity contribution < 1.29 is 9.52 Å². The van der Waals surface area contributed by atoms with Crippen molar-refractivity contribution >= 4 is 5.88 Å². The number of rotatable bonds is 4. The largest absolute Gasteiger partial charge is 0.436 e. The highest BCUT2D eigenvalue weighted by Gasteiger charge is 2.13. The lowest BCUT2D eigenvalue weighted by Gasteiger charge is -2.15. The summed E-state index contributed by atoms with van der Waals surface area (Å²) in [5.41, 5.74) is 0.937. The summed E-state index contributed by atoms with van der Waals surface area (Å²) in [5, 5.41) is 15.3. The van der Waals surface area contributed by atoms with Gasteiger partial charge in [-0.05, 0) is 25.0 Å². The highest BCUT2D eigenvalue weighted by atomic mass is 16.4. The van der Waals surface area contributed by atoms with Gasteiger partial charge in [-0.1, -0.05) is 12.2 Å². The molecule has 1 aromatic heterocycles. The Balaban J connectivity index is 2.01. The molecule has 1 aliphatic rings. The van der Waals surface area contributed by atoms with E-state index in [0.29, 0.717) is 0 Å².